The lowest BCUT2D eigenvalue weighted by molar-refractivity contribution is -0.139. The molecule has 0 saturated carbocycles. The molecule has 3 aromatic rings. The smallest absolute Gasteiger partial charge is 0.244 e. The second-order valence-corrected chi connectivity index (χ2v) is 12.3. The molecule has 0 fully saturated rings. The van der Waals surface area contributed by atoms with Gasteiger partial charge in [0.15, 0.2) is 0 Å². The molecule has 0 unspecified atom stereocenters. The van der Waals surface area contributed by atoms with Crippen LogP contribution in [0, 0.1) is 0 Å². The Hall–Kier alpha value is -3.07. The van der Waals surface area contributed by atoms with Crippen LogP contribution in [0.25, 0.3) is 0 Å². The molecule has 0 bridgehead atoms. The molecule has 2 amide bonds. The van der Waals surface area contributed by atoms with Crippen LogP contribution in [-0.2, 0) is 32.6 Å². The number of carbonyl (C=O) groups is 2. The van der Waals surface area contributed by atoms with Gasteiger partial charge >= 0.3 is 0 Å². The van der Waals surface area contributed by atoms with Gasteiger partial charge in [0.05, 0.1) is 22.0 Å². The van der Waals surface area contributed by atoms with E-state index in [0.717, 1.165) is 21.7 Å². The lowest BCUT2D eigenvalue weighted by atomic mass is 10.0. The molecule has 0 aliphatic carbocycles. The number of sulfonamides is 1. The van der Waals surface area contributed by atoms with Crippen molar-refractivity contribution in [1.29, 1.82) is 0 Å². The van der Waals surface area contributed by atoms with Crippen molar-refractivity contribution < 1.29 is 18.0 Å². The summed E-state index contributed by atoms with van der Waals surface area (Å²) in [4.78, 5) is 28.6. The number of amides is 2. The van der Waals surface area contributed by atoms with Crippen molar-refractivity contribution in [2.24, 2.45) is 0 Å². The third-order valence-electron chi connectivity index (χ3n) is 6.36. The normalized spacial score (nSPS) is 12.2. The number of nitrogens with one attached hydrogen (secondary N) is 1. The third kappa shape index (κ3) is 7.97. The minimum absolute atomic E-state index is 0.0179. The van der Waals surface area contributed by atoms with E-state index in [1.165, 1.54) is 11.9 Å². The molecule has 0 saturated heterocycles. The number of likely N-dealkylation sites (N-methyl/N-ethyl adjacent to an activating group) is 1. The van der Waals surface area contributed by atoms with E-state index in [-0.39, 0.29) is 24.8 Å². The predicted octanol–water partition coefficient (Wildman–Crippen LogP) is 5.27. The van der Waals surface area contributed by atoms with E-state index < -0.39 is 28.5 Å². The molecule has 39 heavy (non-hydrogen) atoms. The molecule has 3 aromatic carbocycles. The first-order chi connectivity index (χ1) is 18.4. The maximum absolute atomic E-state index is 14.0. The van der Waals surface area contributed by atoms with E-state index in [9.17, 15) is 18.0 Å². The Morgan fingerprint density at radius 3 is 2.13 bits per heavy atom. The summed E-state index contributed by atoms with van der Waals surface area (Å²) in [6, 6.07) is 20.5. The van der Waals surface area contributed by atoms with Crippen molar-refractivity contribution in [3.8, 4) is 0 Å². The van der Waals surface area contributed by atoms with E-state index in [2.05, 4.69) is 5.32 Å². The van der Waals surface area contributed by atoms with E-state index in [1.807, 2.05) is 56.3 Å². The number of hydrogen-bond acceptors (Lipinski definition) is 4. The van der Waals surface area contributed by atoms with Gasteiger partial charge in [0.25, 0.3) is 0 Å². The van der Waals surface area contributed by atoms with Crippen LogP contribution in [0.15, 0.2) is 72.8 Å². The van der Waals surface area contributed by atoms with E-state index >= 15 is 0 Å². The summed E-state index contributed by atoms with van der Waals surface area (Å²) in [6.07, 6.45) is 1.30. The Morgan fingerprint density at radius 2 is 1.54 bits per heavy atom. The summed E-state index contributed by atoms with van der Waals surface area (Å²) in [5, 5.41) is 3.32. The summed E-state index contributed by atoms with van der Waals surface area (Å²) < 4.78 is 27.1. The maximum atomic E-state index is 14.0. The van der Waals surface area contributed by atoms with Gasteiger partial charge < -0.3 is 10.2 Å². The second-order valence-electron chi connectivity index (χ2n) is 9.57. The van der Waals surface area contributed by atoms with Gasteiger partial charge in [-0.25, -0.2) is 8.42 Å². The van der Waals surface area contributed by atoms with Crippen molar-refractivity contribution >= 4 is 50.7 Å². The quantitative estimate of drug-likeness (QED) is 0.330. The second kappa shape index (κ2) is 13.3. The molecule has 0 aromatic heterocycles. The van der Waals surface area contributed by atoms with Crippen LogP contribution in [-0.4, -0.2) is 51.0 Å². The highest BCUT2D eigenvalue weighted by Gasteiger charge is 2.33. The molecule has 0 aliphatic heterocycles. The van der Waals surface area contributed by atoms with Crippen LogP contribution >= 0.6 is 23.2 Å². The largest absolute Gasteiger partial charge is 0.357 e. The molecule has 1 atom stereocenters. The zero-order valence-electron chi connectivity index (χ0n) is 22.4. The van der Waals surface area contributed by atoms with E-state index in [4.69, 9.17) is 23.2 Å². The van der Waals surface area contributed by atoms with Crippen molar-refractivity contribution in [2.75, 3.05) is 24.2 Å². The van der Waals surface area contributed by atoms with Gasteiger partial charge in [0, 0.05) is 20.0 Å². The lowest BCUT2D eigenvalue weighted by Gasteiger charge is -2.34. The molecule has 208 valence electrons. The topological polar surface area (TPSA) is 86.8 Å². The zero-order chi connectivity index (χ0) is 28.7. The predicted molar refractivity (Wildman–Crippen MR) is 158 cm³/mol. The summed E-state index contributed by atoms with van der Waals surface area (Å²) >= 11 is 12.3. The summed E-state index contributed by atoms with van der Waals surface area (Å²) in [5.74, 6) is -0.889. The van der Waals surface area contributed by atoms with Crippen LogP contribution in [0.3, 0.4) is 0 Å². The number of nitrogens with zero attached hydrogens (tertiary/aromatic N) is 2. The number of rotatable bonds is 11. The molecule has 3 rings (SSSR count). The minimum Gasteiger partial charge on any atom is -0.357 e. The van der Waals surface area contributed by atoms with Crippen LogP contribution in [0.4, 0.5) is 5.69 Å². The average molecular weight is 591 g/mol. The Labute approximate surface area is 240 Å². The third-order valence-corrected chi connectivity index (χ3v) is 8.23. The number of carbonyl (C=O) groups excluding carboxylic acids is 2. The van der Waals surface area contributed by atoms with Gasteiger partial charge in [-0.1, -0.05) is 91.6 Å². The van der Waals surface area contributed by atoms with E-state index in [1.54, 1.807) is 30.3 Å². The Bertz CT molecular complexity index is 1420. The number of anilines is 1. The first-order valence-corrected chi connectivity index (χ1v) is 15.1. The molecule has 10 heteroatoms. The molecule has 0 aliphatic rings. The summed E-state index contributed by atoms with van der Waals surface area (Å²) in [7, 11) is -2.35. The molecular formula is C29H33Cl2N3O4S. The van der Waals surface area contributed by atoms with E-state index in [0.29, 0.717) is 21.3 Å². The highest BCUT2D eigenvalue weighted by Crippen LogP contribution is 2.30. The van der Waals surface area contributed by atoms with Gasteiger partial charge in [0.1, 0.15) is 12.6 Å². The number of para-hydroxylation sites is 1. The molecule has 7 nitrogen and oxygen atoms in total. The van der Waals surface area contributed by atoms with Gasteiger partial charge in [0.2, 0.25) is 21.8 Å². The standard InChI is InChI=1S/C29H33Cl2N3O4S/c1-20(2)23-12-8-9-13-26(23)34(39(4,37)38)19-28(35)33(18-22-14-15-24(30)25(31)16-22)27(29(36)32-3)17-21-10-6-5-7-11-21/h5-16,20,27H,17-19H2,1-4H3,(H,32,36)/t27-/m1/s1. The highest BCUT2D eigenvalue weighted by molar-refractivity contribution is 7.92. The molecule has 0 radical (unpaired) electrons. The van der Waals surface area contributed by atoms with Gasteiger partial charge in [-0.2, -0.15) is 0 Å². The van der Waals surface area contributed by atoms with Gasteiger partial charge in [-0.3, -0.25) is 13.9 Å². The summed E-state index contributed by atoms with van der Waals surface area (Å²) in [5.41, 5.74) is 2.72. The number of hydrogen-bond donors (Lipinski definition) is 1. The first kappa shape index (κ1) is 30.5. The molecule has 0 heterocycles. The van der Waals surface area contributed by atoms with Crippen LogP contribution in [0.1, 0.15) is 36.5 Å². The average Bonchev–Trinajstić information content (AvgIpc) is 2.90. The fourth-order valence-electron chi connectivity index (χ4n) is 4.35. The fourth-order valence-corrected chi connectivity index (χ4v) is 5.54. The van der Waals surface area contributed by atoms with Crippen molar-refractivity contribution in [3.05, 3.63) is 99.5 Å². The maximum Gasteiger partial charge on any atom is 0.244 e. The zero-order valence-corrected chi connectivity index (χ0v) is 24.7. The Morgan fingerprint density at radius 1 is 0.897 bits per heavy atom. The van der Waals surface area contributed by atoms with Crippen molar-refractivity contribution in [1.82, 2.24) is 10.2 Å². The summed E-state index contributed by atoms with van der Waals surface area (Å²) in [6.45, 7) is 3.45. The van der Waals surface area contributed by atoms with Crippen LogP contribution in [0.2, 0.25) is 10.0 Å². The monoisotopic (exact) mass is 589 g/mol. The molecule has 1 N–H and O–H groups in total. The van der Waals surface area contributed by atoms with Crippen LogP contribution in [0.5, 0.6) is 0 Å². The van der Waals surface area contributed by atoms with Gasteiger partial charge in [-0.05, 0) is 40.8 Å². The SMILES string of the molecule is CNC(=O)[C@@H](Cc1ccccc1)N(Cc1ccc(Cl)c(Cl)c1)C(=O)CN(c1ccccc1C(C)C)S(C)(=O)=O. The fraction of sp³-hybridized carbons (Fsp3) is 0.310. The van der Waals surface area contributed by atoms with Gasteiger partial charge in [-0.15, -0.1) is 0 Å². The lowest BCUT2D eigenvalue weighted by Crippen LogP contribution is -2.53. The first-order valence-electron chi connectivity index (χ1n) is 12.5. The molecule has 0 spiro atoms. The highest BCUT2D eigenvalue weighted by atomic mass is 35.5. The van der Waals surface area contributed by atoms with Crippen molar-refractivity contribution in [3.63, 3.8) is 0 Å². The van der Waals surface area contributed by atoms with Crippen LogP contribution < -0.4 is 9.62 Å². The Balaban J connectivity index is 2.08. The molecular weight excluding hydrogens is 557 g/mol. The van der Waals surface area contributed by atoms with Crippen molar-refractivity contribution in [2.45, 2.75) is 38.8 Å². The minimum atomic E-state index is -3.85. The number of benzene rings is 3. The number of halogens is 2. The Kier molecular flexibility index (Phi) is 10.4.